The van der Waals surface area contributed by atoms with Gasteiger partial charge in [0.05, 0.1) is 17.5 Å². The first kappa shape index (κ1) is 22.1. The molecule has 0 spiro atoms. The number of fused-ring (bicyclic) bond motifs is 1. The van der Waals surface area contributed by atoms with E-state index < -0.39 is 10.0 Å². The highest BCUT2D eigenvalue weighted by molar-refractivity contribution is 7.89. The van der Waals surface area contributed by atoms with Crippen molar-refractivity contribution in [3.05, 3.63) is 59.2 Å². The van der Waals surface area contributed by atoms with Crippen LogP contribution >= 0.6 is 0 Å². The fraction of sp³-hybridized carbons (Fsp3) is 0.391. The van der Waals surface area contributed by atoms with Crippen molar-refractivity contribution in [2.24, 2.45) is 10.7 Å². The second-order valence-corrected chi connectivity index (χ2v) is 10.0. The van der Waals surface area contributed by atoms with Crippen LogP contribution in [0.3, 0.4) is 0 Å². The van der Waals surface area contributed by atoms with E-state index in [9.17, 15) is 13.2 Å². The molecule has 0 radical (unpaired) electrons. The highest BCUT2D eigenvalue weighted by Crippen LogP contribution is 2.34. The molecule has 0 saturated carbocycles. The number of aryl methyl sites for hydroxylation is 1. The summed E-state index contributed by atoms with van der Waals surface area (Å²) < 4.78 is 27.9. The van der Waals surface area contributed by atoms with E-state index in [2.05, 4.69) is 17.2 Å². The van der Waals surface area contributed by atoms with Crippen LogP contribution in [-0.2, 0) is 16.4 Å². The molecule has 8 nitrogen and oxygen atoms in total. The summed E-state index contributed by atoms with van der Waals surface area (Å²) in [5.74, 6) is -0.00400. The summed E-state index contributed by atoms with van der Waals surface area (Å²) in [6.07, 6.45) is 2.53. The Labute approximate surface area is 189 Å². The molecule has 3 N–H and O–H groups in total. The summed E-state index contributed by atoms with van der Waals surface area (Å²) in [5, 5.41) is 2.92. The average Bonchev–Trinajstić information content (AvgIpc) is 3.37. The number of sulfonamides is 1. The van der Waals surface area contributed by atoms with Gasteiger partial charge in [0.25, 0.3) is 10.0 Å². The summed E-state index contributed by atoms with van der Waals surface area (Å²) in [5.41, 5.74) is 9.64. The van der Waals surface area contributed by atoms with E-state index in [4.69, 9.17) is 5.73 Å². The average molecular weight is 456 g/mol. The number of rotatable bonds is 6. The third kappa shape index (κ3) is 4.04. The molecule has 1 atom stereocenters. The molecule has 0 saturated heterocycles. The molecule has 2 heterocycles. The smallest absolute Gasteiger partial charge is 0.321 e. The van der Waals surface area contributed by atoms with Gasteiger partial charge in [-0.1, -0.05) is 37.6 Å². The fourth-order valence-corrected chi connectivity index (χ4v) is 5.63. The zero-order valence-corrected chi connectivity index (χ0v) is 19.2. The lowest BCUT2D eigenvalue weighted by molar-refractivity contribution is 0.246. The zero-order valence-electron chi connectivity index (χ0n) is 18.4. The number of nitrogens with two attached hydrogens (primary N) is 1. The minimum Gasteiger partial charge on any atom is -0.369 e. The van der Waals surface area contributed by atoms with Crippen LogP contribution in [0.15, 0.2) is 52.4 Å². The number of benzene rings is 2. The van der Waals surface area contributed by atoms with Crippen LogP contribution in [0.5, 0.6) is 0 Å². The first-order valence-corrected chi connectivity index (χ1v) is 12.4. The number of urea groups is 1. The third-order valence-electron chi connectivity index (χ3n) is 6.02. The number of carbonyl (C=O) groups excluding carboxylic acids is 1. The second kappa shape index (κ2) is 8.82. The molecule has 4 rings (SSSR count). The van der Waals surface area contributed by atoms with E-state index in [0.29, 0.717) is 19.5 Å². The van der Waals surface area contributed by atoms with Crippen molar-refractivity contribution in [1.82, 2.24) is 9.62 Å². The Balaban J connectivity index is 1.54. The quantitative estimate of drug-likeness (QED) is 0.653. The number of aliphatic imine (C=N–C) groups is 1. The van der Waals surface area contributed by atoms with Gasteiger partial charge in [-0.25, -0.2) is 22.5 Å². The largest absolute Gasteiger partial charge is 0.369 e. The van der Waals surface area contributed by atoms with Crippen molar-refractivity contribution in [3.63, 3.8) is 0 Å². The summed E-state index contributed by atoms with van der Waals surface area (Å²) >= 11 is 0. The second-order valence-electron chi connectivity index (χ2n) is 8.17. The molecular formula is C23H29N5O3S. The molecule has 2 aromatic rings. The lowest BCUT2D eigenvalue weighted by Gasteiger charge is -2.21. The maximum Gasteiger partial charge on any atom is 0.321 e. The Kier molecular flexibility index (Phi) is 6.10. The molecule has 0 bridgehead atoms. The van der Waals surface area contributed by atoms with Crippen LogP contribution in [0.1, 0.15) is 42.5 Å². The lowest BCUT2D eigenvalue weighted by atomic mass is 10.0. The minimum atomic E-state index is -3.86. The van der Waals surface area contributed by atoms with Crippen LogP contribution in [0.4, 0.5) is 10.5 Å². The predicted molar refractivity (Wildman–Crippen MR) is 125 cm³/mol. The molecule has 9 heteroatoms. The molecule has 0 aliphatic carbocycles. The maximum absolute atomic E-state index is 13.4. The van der Waals surface area contributed by atoms with Gasteiger partial charge in [-0.05, 0) is 54.7 Å². The molecular weight excluding hydrogens is 426 g/mol. The molecule has 2 aromatic carbocycles. The normalized spacial score (nSPS) is 17.9. The number of anilines is 1. The first-order valence-electron chi connectivity index (χ1n) is 10.9. The number of carbonyl (C=O) groups is 1. The van der Waals surface area contributed by atoms with Gasteiger partial charge in [0.1, 0.15) is 0 Å². The number of unbranched alkanes of at least 4 members (excludes halogenated alkanes) is 1. The Hall–Kier alpha value is -3.07. The topological polar surface area (TPSA) is 108 Å². The molecule has 0 fully saturated rings. The standard InChI is InChI=1S/C23H29N5O3S/c1-3-4-12-25-23(29)27-13-11-17-14-18(9-10-21(17)27)32(30,31)28-15-20(26-22(28)24)19-8-6-5-7-16(19)2/h5-10,14,20H,3-4,11-13,15H2,1-2H3,(H2,24,26)(H,25,29). The number of nitrogens with one attached hydrogen (secondary N) is 1. The molecule has 1 unspecified atom stereocenters. The van der Waals surface area contributed by atoms with Crippen LogP contribution < -0.4 is 16.0 Å². The highest BCUT2D eigenvalue weighted by Gasteiger charge is 2.36. The molecule has 2 aliphatic heterocycles. The summed E-state index contributed by atoms with van der Waals surface area (Å²) in [6, 6.07) is 12.2. The van der Waals surface area contributed by atoms with E-state index in [1.54, 1.807) is 23.1 Å². The number of nitrogens with zero attached hydrogens (tertiary/aromatic N) is 3. The Morgan fingerprint density at radius 1 is 1.25 bits per heavy atom. The summed E-state index contributed by atoms with van der Waals surface area (Å²) in [4.78, 5) is 18.7. The van der Waals surface area contributed by atoms with Crippen molar-refractivity contribution in [1.29, 1.82) is 0 Å². The van der Waals surface area contributed by atoms with Crippen LogP contribution in [-0.4, -0.2) is 44.3 Å². The van der Waals surface area contributed by atoms with Gasteiger partial charge < -0.3 is 11.1 Å². The van der Waals surface area contributed by atoms with Gasteiger partial charge in [-0.15, -0.1) is 0 Å². The van der Waals surface area contributed by atoms with Gasteiger partial charge in [-0.2, -0.15) is 0 Å². The van der Waals surface area contributed by atoms with Gasteiger partial charge in [0.15, 0.2) is 0 Å². The number of guanidine groups is 1. The molecule has 170 valence electrons. The number of amides is 2. The predicted octanol–water partition coefficient (Wildman–Crippen LogP) is 2.93. The van der Waals surface area contributed by atoms with Crippen molar-refractivity contribution in [2.75, 3.05) is 24.5 Å². The SMILES string of the molecule is CCCCNC(=O)N1CCc2cc(S(=O)(=O)N3CC(c4ccccc4C)N=C3N)ccc21. The van der Waals surface area contributed by atoms with E-state index in [1.165, 1.54) is 4.31 Å². The Bertz CT molecular complexity index is 1160. The third-order valence-corrected chi connectivity index (χ3v) is 7.78. The van der Waals surface area contributed by atoms with Crippen molar-refractivity contribution >= 4 is 27.7 Å². The monoisotopic (exact) mass is 455 g/mol. The van der Waals surface area contributed by atoms with Gasteiger partial charge in [0.2, 0.25) is 5.96 Å². The van der Waals surface area contributed by atoms with Crippen molar-refractivity contribution < 1.29 is 13.2 Å². The first-order chi connectivity index (χ1) is 15.3. The van der Waals surface area contributed by atoms with Crippen molar-refractivity contribution in [3.8, 4) is 0 Å². The zero-order chi connectivity index (χ0) is 22.9. The van der Waals surface area contributed by atoms with Gasteiger partial charge in [0, 0.05) is 18.8 Å². The number of hydrogen-bond acceptors (Lipinski definition) is 5. The van der Waals surface area contributed by atoms with Crippen LogP contribution in [0.25, 0.3) is 0 Å². The van der Waals surface area contributed by atoms with Crippen LogP contribution in [0.2, 0.25) is 0 Å². The summed E-state index contributed by atoms with van der Waals surface area (Å²) in [6.45, 7) is 5.37. The Morgan fingerprint density at radius 2 is 2.03 bits per heavy atom. The fourth-order valence-electron chi connectivity index (χ4n) is 4.21. The number of hydrogen-bond donors (Lipinski definition) is 2. The van der Waals surface area contributed by atoms with E-state index in [0.717, 1.165) is 35.2 Å². The molecule has 32 heavy (non-hydrogen) atoms. The minimum absolute atomic E-state index is 0.00400. The van der Waals surface area contributed by atoms with E-state index in [1.807, 2.05) is 31.2 Å². The Morgan fingerprint density at radius 3 is 2.78 bits per heavy atom. The van der Waals surface area contributed by atoms with E-state index in [-0.39, 0.29) is 29.5 Å². The highest BCUT2D eigenvalue weighted by atomic mass is 32.2. The van der Waals surface area contributed by atoms with E-state index >= 15 is 0 Å². The van der Waals surface area contributed by atoms with Gasteiger partial charge >= 0.3 is 6.03 Å². The maximum atomic E-state index is 13.4. The summed E-state index contributed by atoms with van der Waals surface area (Å²) in [7, 11) is -3.86. The molecule has 2 aliphatic rings. The molecule has 2 amide bonds. The molecule has 0 aromatic heterocycles. The lowest BCUT2D eigenvalue weighted by Crippen LogP contribution is -2.39. The van der Waals surface area contributed by atoms with Crippen molar-refractivity contribution in [2.45, 2.75) is 44.0 Å². The van der Waals surface area contributed by atoms with Crippen LogP contribution in [0, 0.1) is 6.92 Å². The van der Waals surface area contributed by atoms with Gasteiger partial charge in [-0.3, -0.25) is 4.90 Å².